The van der Waals surface area contributed by atoms with Crippen LogP contribution in [0.5, 0.6) is 0 Å². The molecule has 3 aromatic carbocycles. The molecule has 0 bridgehead atoms. The Kier molecular flexibility index (Phi) is 8.86. The second-order valence-corrected chi connectivity index (χ2v) is 13.4. The van der Waals surface area contributed by atoms with Gasteiger partial charge in [0.15, 0.2) is 0 Å². The fourth-order valence-corrected chi connectivity index (χ4v) is 7.52. The molecule has 43 heavy (non-hydrogen) atoms. The van der Waals surface area contributed by atoms with Gasteiger partial charge in [-0.2, -0.15) is 0 Å². The van der Waals surface area contributed by atoms with Crippen molar-refractivity contribution in [1.29, 1.82) is 0 Å². The molecule has 0 unspecified atom stereocenters. The SMILES string of the molecule is Cl.NC(=O)c1csc(CN2CCC(n3c(C4CC4)nc4ccc(C(c5ccc(Cl)cc5)c5ccc(Cl)cc5)cc43)CC2)c1. The van der Waals surface area contributed by atoms with Gasteiger partial charge in [0.2, 0.25) is 5.91 Å². The van der Waals surface area contributed by atoms with Gasteiger partial charge in [-0.05, 0) is 84.8 Å². The maximum Gasteiger partial charge on any atom is 0.249 e. The van der Waals surface area contributed by atoms with E-state index in [9.17, 15) is 4.79 Å². The first kappa shape index (κ1) is 30.2. The van der Waals surface area contributed by atoms with Crippen LogP contribution in [0.4, 0.5) is 0 Å². The molecule has 0 atom stereocenters. The van der Waals surface area contributed by atoms with Crippen molar-refractivity contribution in [2.24, 2.45) is 5.73 Å². The fraction of sp³-hybridized carbons (Fsp3) is 0.294. The first-order chi connectivity index (χ1) is 20.4. The van der Waals surface area contributed by atoms with Crippen LogP contribution in [-0.4, -0.2) is 33.4 Å². The lowest BCUT2D eigenvalue weighted by atomic mass is 9.85. The van der Waals surface area contributed by atoms with Crippen molar-refractivity contribution in [3.05, 3.63) is 121 Å². The quantitative estimate of drug-likeness (QED) is 0.171. The highest BCUT2D eigenvalue weighted by Gasteiger charge is 2.33. The Bertz CT molecular complexity index is 1690. The summed E-state index contributed by atoms with van der Waals surface area (Å²) in [7, 11) is 0. The third-order valence-electron chi connectivity index (χ3n) is 8.66. The number of thiophene rings is 1. The Balaban J connectivity index is 0.00000329. The van der Waals surface area contributed by atoms with Gasteiger partial charge in [-0.1, -0.05) is 53.5 Å². The second-order valence-electron chi connectivity index (χ2n) is 11.6. The molecule has 2 aliphatic rings. The smallest absolute Gasteiger partial charge is 0.249 e. The monoisotopic (exact) mass is 650 g/mol. The number of rotatable bonds is 8. The highest BCUT2D eigenvalue weighted by atomic mass is 35.5. The molecule has 1 saturated heterocycles. The lowest BCUT2D eigenvalue weighted by Gasteiger charge is -2.33. The number of primary amides is 1. The summed E-state index contributed by atoms with van der Waals surface area (Å²) in [6.07, 6.45) is 4.57. The number of carbonyl (C=O) groups excluding carboxylic acids is 1. The zero-order valence-electron chi connectivity index (χ0n) is 23.6. The number of imidazole rings is 1. The molecule has 2 fully saturated rings. The zero-order chi connectivity index (χ0) is 28.8. The molecule has 0 spiro atoms. The van der Waals surface area contributed by atoms with Gasteiger partial charge in [-0.15, -0.1) is 23.7 Å². The number of halogens is 3. The molecule has 222 valence electrons. The number of piperidine rings is 1. The van der Waals surface area contributed by atoms with Crippen molar-refractivity contribution in [3.8, 4) is 0 Å². The second kappa shape index (κ2) is 12.6. The minimum atomic E-state index is -0.357. The van der Waals surface area contributed by atoms with Crippen LogP contribution >= 0.6 is 46.9 Å². The van der Waals surface area contributed by atoms with Crippen LogP contribution in [0.2, 0.25) is 10.0 Å². The van der Waals surface area contributed by atoms with E-state index in [2.05, 4.69) is 51.9 Å². The Morgan fingerprint density at radius 3 is 2.05 bits per heavy atom. The van der Waals surface area contributed by atoms with E-state index in [4.69, 9.17) is 33.9 Å². The molecule has 5 nitrogen and oxygen atoms in total. The largest absolute Gasteiger partial charge is 0.366 e. The normalized spacial score (nSPS) is 16.1. The van der Waals surface area contributed by atoms with E-state index < -0.39 is 0 Å². The Morgan fingerprint density at radius 1 is 0.884 bits per heavy atom. The maximum atomic E-state index is 11.5. The van der Waals surface area contributed by atoms with Crippen molar-refractivity contribution in [1.82, 2.24) is 14.5 Å². The number of aromatic nitrogens is 2. The van der Waals surface area contributed by atoms with Crippen LogP contribution in [0.25, 0.3) is 11.0 Å². The standard InChI is InChI=1S/C34H32Cl2N4OS.ClH/c35-26-8-3-21(4-9-26)32(22-5-10-27(36)11-6-22)24-7-12-30-31(18-24)40(34(38-30)23-1-2-23)28-13-15-39(16-14-28)19-29-17-25(20-42-29)33(37)41;/h3-12,17-18,20,23,28,32H,1-2,13-16,19H2,(H2,37,41);1H. The van der Waals surface area contributed by atoms with Gasteiger partial charge in [0.1, 0.15) is 5.82 Å². The van der Waals surface area contributed by atoms with Gasteiger partial charge in [-0.25, -0.2) is 4.98 Å². The first-order valence-electron chi connectivity index (χ1n) is 14.5. The van der Waals surface area contributed by atoms with Crippen LogP contribution in [0, 0.1) is 0 Å². The van der Waals surface area contributed by atoms with Gasteiger partial charge in [0, 0.05) is 57.8 Å². The summed E-state index contributed by atoms with van der Waals surface area (Å²) in [5.74, 6) is 1.50. The van der Waals surface area contributed by atoms with Crippen molar-refractivity contribution in [2.45, 2.75) is 50.1 Å². The van der Waals surface area contributed by atoms with Gasteiger partial charge in [-0.3, -0.25) is 9.69 Å². The zero-order valence-corrected chi connectivity index (χ0v) is 26.7. The number of likely N-dealkylation sites (tertiary alicyclic amines) is 1. The Morgan fingerprint density at radius 2 is 1.49 bits per heavy atom. The average Bonchev–Trinajstić information content (AvgIpc) is 3.61. The molecule has 2 aromatic heterocycles. The van der Waals surface area contributed by atoms with E-state index in [1.807, 2.05) is 35.7 Å². The summed E-state index contributed by atoms with van der Waals surface area (Å²) in [5, 5.41) is 3.33. The van der Waals surface area contributed by atoms with Gasteiger partial charge >= 0.3 is 0 Å². The summed E-state index contributed by atoms with van der Waals surface area (Å²) in [5.41, 5.74) is 12.0. The molecular formula is C34H33Cl3N4OS. The third-order valence-corrected chi connectivity index (χ3v) is 10.1. The molecule has 1 aliphatic heterocycles. The lowest BCUT2D eigenvalue weighted by Crippen LogP contribution is -2.34. The molecule has 7 rings (SSSR count). The first-order valence-corrected chi connectivity index (χ1v) is 16.2. The van der Waals surface area contributed by atoms with Crippen LogP contribution in [0.1, 0.15) is 81.3 Å². The van der Waals surface area contributed by atoms with E-state index >= 15 is 0 Å². The van der Waals surface area contributed by atoms with E-state index in [0.29, 0.717) is 17.5 Å². The van der Waals surface area contributed by atoms with Crippen molar-refractivity contribution >= 4 is 63.9 Å². The number of carbonyl (C=O) groups is 1. The van der Waals surface area contributed by atoms with Crippen LogP contribution in [0.3, 0.4) is 0 Å². The fourth-order valence-electron chi connectivity index (χ4n) is 6.36. The minimum absolute atomic E-state index is 0. The summed E-state index contributed by atoms with van der Waals surface area (Å²) in [6.45, 7) is 2.88. The van der Waals surface area contributed by atoms with E-state index in [0.717, 1.165) is 48.0 Å². The van der Waals surface area contributed by atoms with E-state index in [1.165, 1.54) is 45.8 Å². The van der Waals surface area contributed by atoms with Gasteiger partial charge in [0.05, 0.1) is 16.6 Å². The highest BCUT2D eigenvalue weighted by molar-refractivity contribution is 7.10. The van der Waals surface area contributed by atoms with Crippen LogP contribution in [-0.2, 0) is 6.54 Å². The minimum Gasteiger partial charge on any atom is -0.366 e. The molecule has 5 aromatic rings. The average molecular weight is 652 g/mol. The number of amides is 1. The number of fused-ring (bicyclic) bond motifs is 1. The molecule has 3 heterocycles. The summed E-state index contributed by atoms with van der Waals surface area (Å²) in [6, 6.07) is 25.5. The highest BCUT2D eigenvalue weighted by Crippen LogP contribution is 2.44. The number of hydrogen-bond donors (Lipinski definition) is 1. The molecule has 1 amide bonds. The molecule has 2 N–H and O–H groups in total. The predicted octanol–water partition coefficient (Wildman–Crippen LogP) is 8.82. The third kappa shape index (κ3) is 6.36. The van der Waals surface area contributed by atoms with E-state index in [1.54, 1.807) is 11.3 Å². The van der Waals surface area contributed by atoms with Crippen molar-refractivity contribution in [2.75, 3.05) is 13.1 Å². The summed E-state index contributed by atoms with van der Waals surface area (Å²) < 4.78 is 2.57. The predicted molar refractivity (Wildman–Crippen MR) is 179 cm³/mol. The molecular weight excluding hydrogens is 619 g/mol. The van der Waals surface area contributed by atoms with Crippen LogP contribution < -0.4 is 5.73 Å². The number of nitrogens with two attached hydrogens (primary N) is 1. The van der Waals surface area contributed by atoms with E-state index in [-0.39, 0.29) is 24.2 Å². The summed E-state index contributed by atoms with van der Waals surface area (Å²) in [4.78, 5) is 20.4. The van der Waals surface area contributed by atoms with Crippen molar-refractivity contribution < 1.29 is 4.79 Å². The number of benzene rings is 3. The Labute approximate surface area is 272 Å². The topological polar surface area (TPSA) is 64.2 Å². The van der Waals surface area contributed by atoms with Crippen molar-refractivity contribution in [3.63, 3.8) is 0 Å². The van der Waals surface area contributed by atoms with Gasteiger partial charge in [0.25, 0.3) is 0 Å². The molecule has 1 aliphatic carbocycles. The molecule has 9 heteroatoms. The maximum absolute atomic E-state index is 11.5. The number of nitrogens with zero attached hydrogens (tertiary/aromatic N) is 3. The van der Waals surface area contributed by atoms with Crippen LogP contribution in [0.15, 0.2) is 78.2 Å². The molecule has 0 radical (unpaired) electrons. The van der Waals surface area contributed by atoms with Gasteiger partial charge < -0.3 is 10.3 Å². The molecule has 1 saturated carbocycles. The Hall–Kier alpha value is -2.87. The number of hydrogen-bond acceptors (Lipinski definition) is 4. The summed E-state index contributed by atoms with van der Waals surface area (Å²) >= 11 is 14.2. The lowest BCUT2D eigenvalue weighted by molar-refractivity contribution is 0.100.